The van der Waals surface area contributed by atoms with Gasteiger partial charge in [0.2, 0.25) is 5.91 Å². The maximum atomic E-state index is 13.9. The van der Waals surface area contributed by atoms with E-state index in [9.17, 15) is 19.1 Å². The Bertz CT molecular complexity index is 560. The predicted molar refractivity (Wildman–Crippen MR) is 76.0 cm³/mol. The summed E-state index contributed by atoms with van der Waals surface area (Å²) in [5.41, 5.74) is 0.413. The van der Waals surface area contributed by atoms with Gasteiger partial charge in [0.1, 0.15) is 5.82 Å². The lowest BCUT2D eigenvalue weighted by Crippen LogP contribution is -2.53. The largest absolute Gasteiger partial charge is 0.481 e. The molecule has 5 heteroatoms. The number of carboxylic acids is 1. The second kappa shape index (κ2) is 5.84. The smallest absolute Gasteiger partial charge is 0.308 e. The Kier molecular flexibility index (Phi) is 4.30. The molecule has 0 bridgehead atoms. The molecule has 1 fully saturated rings. The summed E-state index contributed by atoms with van der Waals surface area (Å²) in [6.45, 7) is 5.24. The minimum atomic E-state index is -0.909. The van der Waals surface area contributed by atoms with Crippen molar-refractivity contribution >= 4 is 11.9 Å². The number of carbonyl (C=O) groups is 2. The van der Waals surface area contributed by atoms with Crippen LogP contribution in [0.2, 0.25) is 0 Å². The van der Waals surface area contributed by atoms with Crippen LogP contribution in [-0.4, -0.2) is 27.9 Å². The summed E-state index contributed by atoms with van der Waals surface area (Å²) in [6, 6.07) is 5.34. The standard InChI is InChI=1S/C16H20FNO3/c1-9-8-14(19)18(11(3)15(9)16(20)21)10(2)12-6-4-5-7-13(12)17/h4-7,9-11,15H,8H2,1-3H3,(H,20,21). The van der Waals surface area contributed by atoms with Gasteiger partial charge in [-0.1, -0.05) is 25.1 Å². The third-order valence-corrected chi connectivity index (χ3v) is 4.41. The third kappa shape index (κ3) is 2.77. The zero-order valence-electron chi connectivity index (χ0n) is 12.4. The average Bonchev–Trinajstić information content (AvgIpc) is 2.37. The van der Waals surface area contributed by atoms with Gasteiger partial charge in [0, 0.05) is 18.0 Å². The molecule has 0 aromatic heterocycles. The SMILES string of the molecule is CC1CC(=O)N(C(C)c2ccccc2F)C(C)C1C(=O)O. The molecule has 21 heavy (non-hydrogen) atoms. The van der Waals surface area contributed by atoms with Gasteiger partial charge in [0.25, 0.3) is 0 Å². The Hall–Kier alpha value is -1.91. The van der Waals surface area contributed by atoms with E-state index in [1.165, 1.54) is 11.0 Å². The highest BCUT2D eigenvalue weighted by molar-refractivity contribution is 5.82. The fourth-order valence-corrected chi connectivity index (χ4v) is 3.37. The molecule has 1 aromatic rings. The van der Waals surface area contributed by atoms with Crippen molar-refractivity contribution in [3.05, 3.63) is 35.6 Å². The molecule has 114 valence electrons. The van der Waals surface area contributed by atoms with Crippen LogP contribution in [0.15, 0.2) is 24.3 Å². The van der Waals surface area contributed by atoms with Crippen molar-refractivity contribution in [2.45, 2.75) is 39.3 Å². The molecule has 1 heterocycles. The molecule has 0 spiro atoms. The van der Waals surface area contributed by atoms with Gasteiger partial charge in [-0.3, -0.25) is 9.59 Å². The van der Waals surface area contributed by atoms with E-state index in [1.807, 2.05) is 0 Å². The number of halogens is 1. The summed E-state index contributed by atoms with van der Waals surface area (Å²) >= 11 is 0. The van der Waals surface area contributed by atoms with Gasteiger partial charge in [0.15, 0.2) is 0 Å². The summed E-state index contributed by atoms with van der Waals surface area (Å²) < 4.78 is 13.9. The monoisotopic (exact) mass is 293 g/mol. The van der Waals surface area contributed by atoms with Crippen molar-refractivity contribution in [3.8, 4) is 0 Å². The van der Waals surface area contributed by atoms with Crippen molar-refractivity contribution in [3.63, 3.8) is 0 Å². The zero-order valence-corrected chi connectivity index (χ0v) is 12.4. The first-order valence-electron chi connectivity index (χ1n) is 7.13. The zero-order chi connectivity index (χ0) is 15.7. The Morgan fingerprint density at radius 2 is 2.00 bits per heavy atom. The maximum absolute atomic E-state index is 13.9. The molecule has 4 atom stereocenters. The van der Waals surface area contributed by atoms with E-state index in [2.05, 4.69) is 0 Å². The van der Waals surface area contributed by atoms with Crippen molar-refractivity contribution in [2.24, 2.45) is 11.8 Å². The molecular formula is C16H20FNO3. The lowest BCUT2D eigenvalue weighted by molar-refractivity contribution is -0.156. The van der Waals surface area contributed by atoms with E-state index in [0.29, 0.717) is 5.56 Å². The van der Waals surface area contributed by atoms with Crippen LogP contribution in [0.1, 0.15) is 38.8 Å². The number of hydrogen-bond acceptors (Lipinski definition) is 2. The number of hydrogen-bond donors (Lipinski definition) is 1. The van der Waals surface area contributed by atoms with Gasteiger partial charge in [-0.15, -0.1) is 0 Å². The molecular weight excluding hydrogens is 273 g/mol. The number of amides is 1. The van der Waals surface area contributed by atoms with Gasteiger partial charge in [-0.25, -0.2) is 4.39 Å². The first-order valence-corrected chi connectivity index (χ1v) is 7.13. The molecule has 1 aliphatic heterocycles. The molecule has 1 amide bonds. The van der Waals surface area contributed by atoms with Crippen LogP contribution in [0.25, 0.3) is 0 Å². The maximum Gasteiger partial charge on any atom is 0.308 e. The van der Waals surface area contributed by atoms with Gasteiger partial charge in [-0.05, 0) is 25.8 Å². The number of likely N-dealkylation sites (tertiary alicyclic amines) is 1. The molecule has 0 radical (unpaired) electrons. The van der Waals surface area contributed by atoms with Crippen molar-refractivity contribution in [1.82, 2.24) is 4.90 Å². The van der Waals surface area contributed by atoms with Crippen molar-refractivity contribution in [1.29, 1.82) is 0 Å². The minimum absolute atomic E-state index is 0.122. The topological polar surface area (TPSA) is 57.6 Å². The summed E-state index contributed by atoms with van der Waals surface area (Å²) in [4.78, 5) is 25.3. The fourth-order valence-electron chi connectivity index (χ4n) is 3.37. The fraction of sp³-hybridized carbons (Fsp3) is 0.500. The Morgan fingerprint density at radius 1 is 1.38 bits per heavy atom. The number of aliphatic carboxylic acids is 1. The van der Waals surface area contributed by atoms with Gasteiger partial charge >= 0.3 is 5.97 Å². The number of piperidine rings is 1. The quantitative estimate of drug-likeness (QED) is 0.932. The highest BCUT2D eigenvalue weighted by Crippen LogP contribution is 2.36. The van der Waals surface area contributed by atoms with Crippen molar-refractivity contribution in [2.75, 3.05) is 0 Å². The van der Waals surface area contributed by atoms with Crippen LogP contribution in [0.3, 0.4) is 0 Å². The predicted octanol–water partition coefficient (Wildman–Crippen LogP) is 2.84. The molecule has 2 rings (SSSR count). The number of carbonyl (C=O) groups excluding carboxylic acids is 1. The van der Waals surface area contributed by atoms with E-state index >= 15 is 0 Å². The first kappa shape index (κ1) is 15.5. The van der Waals surface area contributed by atoms with Crippen molar-refractivity contribution < 1.29 is 19.1 Å². The van der Waals surface area contributed by atoms with Crippen LogP contribution >= 0.6 is 0 Å². The minimum Gasteiger partial charge on any atom is -0.481 e. The number of nitrogens with zero attached hydrogens (tertiary/aromatic N) is 1. The van der Waals surface area contributed by atoms with E-state index in [4.69, 9.17) is 0 Å². The summed E-state index contributed by atoms with van der Waals surface area (Å²) in [6.07, 6.45) is 0.181. The van der Waals surface area contributed by atoms with Gasteiger partial charge < -0.3 is 10.0 Å². The molecule has 1 N–H and O–H groups in total. The number of benzene rings is 1. The van der Waals surface area contributed by atoms with Gasteiger partial charge in [0.05, 0.1) is 12.0 Å². The first-order chi connectivity index (χ1) is 9.84. The average molecular weight is 293 g/mol. The second-order valence-electron chi connectivity index (χ2n) is 5.78. The Balaban J connectivity index is 2.35. The highest BCUT2D eigenvalue weighted by atomic mass is 19.1. The van der Waals surface area contributed by atoms with Crippen LogP contribution in [0.4, 0.5) is 4.39 Å². The normalized spacial score (nSPS) is 27.5. The molecule has 0 saturated carbocycles. The molecule has 1 saturated heterocycles. The number of carboxylic acid groups (broad SMARTS) is 1. The van der Waals surface area contributed by atoms with E-state index in [0.717, 1.165) is 0 Å². The lowest BCUT2D eigenvalue weighted by Gasteiger charge is -2.44. The van der Waals surface area contributed by atoms with E-state index < -0.39 is 24.0 Å². The van der Waals surface area contributed by atoms with E-state index in [-0.39, 0.29) is 24.1 Å². The van der Waals surface area contributed by atoms with Gasteiger partial charge in [-0.2, -0.15) is 0 Å². The third-order valence-electron chi connectivity index (χ3n) is 4.41. The molecule has 4 unspecified atom stereocenters. The highest BCUT2D eigenvalue weighted by Gasteiger charge is 2.43. The van der Waals surface area contributed by atoms with Crippen LogP contribution in [0.5, 0.6) is 0 Å². The lowest BCUT2D eigenvalue weighted by atomic mass is 9.80. The van der Waals surface area contributed by atoms with Crippen LogP contribution < -0.4 is 0 Å². The van der Waals surface area contributed by atoms with E-state index in [1.54, 1.807) is 39.0 Å². The second-order valence-corrected chi connectivity index (χ2v) is 5.78. The van der Waals surface area contributed by atoms with Crippen LogP contribution in [-0.2, 0) is 9.59 Å². The molecule has 0 aliphatic carbocycles. The summed E-state index contributed by atoms with van der Waals surface area (Å²) in [5, 5.41) is 9.38. The van der Waals surface area contributed by atoms with Crippen LogP contribution in [0, 0.1) is 17.7 Å². The Morgan fingerprint density at radius 3 is 2.57 bits per heavy atom. The number of rotatable bonds is 3. The Labute approximate surface area is 123 Å². The molecule has 4 nitrogen and oxygen atoms in total. The summed E-state index contributed by atoms with van der Waals surface area (Å²) in [5.74, 6) is -2.25. The molecule has 1 aliphatic rings. The summed E-state index contributed by atoms with van der Waals surface area (Å²) in [7, 11) is 0. The molecule has 1 aromatic carbocycles.